The van der Waals surface area contributed by atoms with Crippen molar-refractivity contribution in [2.45, 2.75) is 13.8 Å². The number of para-hydroxylation sites is 1. The molecule has 124 valence electrons. The Hall–Kier alpha value is -3.06. The zero-order valence-electron chi connectivity index (χ0n) is 14.6. The van der Waals surface area contributed by atoms with Crippen molar-refractivity contribution in [3.8, 4) is 11.5 Å². The average Bonchev–Trinajstić information content (AvgIpc) is 2.66. The molecule has 3 rings (SSSR count). The molecule has 0 saturated heterocycles. The van der Waals surface area contributed by atoms with E-state index >= 15 is 0 Å². The van der Waals surface area contributed by atoms with Gasteiger partial charge in [-0.3, -0.25) is 0 Å². The number of ether oxygens (including phenoxy) is 1. The first-order valence-corrected chi connectivity index (χ1v) is 8.53. The molecule has 0 unspecified atom stereocenters. The molecule has 0 aliphatic carbocycles. The Kier molecular flexibility index (Phi) is 5.48. The number of hydrogen-bond acceptors (Lipinski definition) is 1. The van der Waals surface area contributed by atoms with Gasteiger partial charge in [-0.2, -0.15) is 0 Å². The molecule has 0 heterocycles. The molecule has 0 aromatic heterocycles. The van der Waals surface area contributed by atoms with Crippen LogP contribution in [0.3, 0.4) is 0 Å². The van der Waals surface area contributed by atoms with E-state index in [-0.39, 0.29) is 0 Å². The van der Waals surface area contributed by atoms with Gasteiger partial charge in [-0.25, -0.2) is 0 Å². The van der Waals surface area contributed by atoms with Crippen LogP contribution in [-0.2, 0) is 0 Å². The molecule has 0 atom stereocenters. The summed E-state index contributed by atoms with van der Waals surface area (Å²) >= 11 is 0. The van der Waals surface area contributed by atoms with Crippen LogP contribution >= 0.6 is 0 Å². The minimum absolute atomic E-state index is 0.837. The second-order valence-electron chi connectivity index (χ2n) is 5.73. The fourth-order valence-corrected chi connectivity index (χ4v) is 2.84. The van der Waals surface area contributed by atoms with Gasteiger partial charge in [-0.1, -0.05) is 78.9 Å². The van der Waals surface area contributed by atoms with Crippen LogP contribution in [0.25, 0.3) is 11.6 Å². The van der Waals surface area contributed by atoms with Crippen molar-refractivity contribution in [1.82, 2.24) is 0 Å². The smallest absolute Gasteiger partial charge is 0.134 e. The molecule has 3 aromatic rings. The van der Waals surface area contributed by atoms with Gasteiger partial charge in [0.1, 0.15) is 11.5 Å². The van der Waals surface area contributed by atoms with Gasteiger partial charge in [0, 0.05) is 5.56 Å². The summed E-state index contributed by atoms with van der Waals surface area (Å²) in [6, 6.07) is 26.7. The SMILES string of the molecule is CC=Cc1ccccc1Oc1ccc(C(=CC)c2ccccc2)cc1. The Morgan fingerprint density at radius 2 is 1.36 bits per heavy atom. The van der Waals surface area contributed by atoms with E-state index in [1.165, 1.54) is 16.7 Å². The van der Waals surface area contributed by atoms with Crippen molar-refractivity contribution >= 4 is 11.6 Å². The van der Waals surface area contributed by atoms with Crippen LogP contribution in [0, 0.1) is 0 Å². The first kappa shape index (κ1) is 16.8. The molecule has 0 aliphatic rings. The number of benzene rings is 3. The van der Waals surface area contributed by atoms with Crippen LogP contribution in [0.4, 0.5) is 0 Å². The fourth-order valence-electron chi connectivity index (χ4n) is 2.84. The third kappa shape index (κ3) is 4.07. The molecular weight excluding hydrogens is 304 g/mol. The van der Waals surface area contributed by atoms with E-state index in [4.69, 9.17) is 4.74 Å². The molecular formula is C24H22O. The van der Waals surface area contributed by atoms with Gasteiger partial charge in [-0.15, -0.1) is 0 Å². The minimum Gasteiger partial charge on any atom is -0.457 e. The van der Waals surface area contributed by atoms with Gasteiger partial charge in [0.2, 0.25) is 0 Å². The molecule has 25 heavy (non-hydrogen) atoms. The second kappa shape index (κ2) is 8.16. The fraction of sp³-hybridized carbons (Fsp3) is 0.0833. The third-order valence-corrected chi connectivity index (χ3v) is 4.03. The van der Waals surface area contributed by atoms with E-state index in [9.17, 15) is 0 Å². The Balaban J connectivity index is 1.84. The molecule has 0 amide bonds. The van der Waals surface area contributed by atoms with Crippen LogP contribution in [0.2, 0.25) is 0 Å². The highest BCUT2D eigenvalue weighted by molar-refractivity contribution is 5.79. The Morgan fingerprint density at radius 3 is 2.04 bits per heavy atom. The van der Waals surface area contributed by atoms with Gasteiger partial charge in [0.15, 0.2) is 0 Å². The van der Waals surface area contributed by atoms with Crippen molar-refractivity contribution in [3.63, 3.8) is 0 Å². The van der Waals surface area contributed by atoms with Gasteiger partial charge in [-0.05, 0) is 48.7 Å². The number of allylic oxidation sites excluding steroid dienone is 2. The molecule has 0 spiro atoms. The number of rotatable bonds is 5. The van der Waals surface area contributed by atoms with Crippen LogP contribution in [0.5, 0.6) is 11.5 Å². The van der Waals surface area contributed by atoms with Gasteiger partial charge >= 0.3 is 0 Å². The first-order chi connectivity index (χ1) is 12.3. The lowest BCUT2D eigenvalue weighted by Gasteiger charge is -2.11. The van der Waals surface area contributed by atoms with Crippen molar-refractivity contribution in [2.24, 2.45) is 0 Å². The lowest BCUT2D eigenvalue weighted by molar-refractivity contribution is 0.481. The maximum atomic E-state index is 6.07. The van der Waals surface area contributed by atoms with E-state index in [2.05, 4.69) is 61.5 Å². The van der Waals surface area contributed by atoms with E-state index < -0.39 is 0 Å². The summed E-state index contributed by atoms with van der Waals surface area (Å²) in [4.78, 5) is 0. The largest absolute Gasteiger partial charge is 0.457 e. The molecule has 1 nitrogen and oxygen atoms in total. The summed E-state index contributed by atoms with van der Waals surface area (Å²) in [7, 11) is 0. The topological polar surface area (TPSA) is 9.23 Å². The van der Waals surface area contributed by atoms with Crippen LogP contribution in [-0.4, -0.2) is 0 Å². The van der Waals surface area contributed by atoms with Crippen molar-refractivity contribution in [3.05, 3.63) is 108 Å². The zero-order valence-corrected chi connectivity index (χ0v) is 14.6. The van der Waals surface area contributed by atoms with Crippen molar-refractivity contribution in [2.75, 3.05) is 0 Å². The maximum Gasteiger partial charge on any atom is 0.134 e. The van der Waals surface area contributed by atoms with E-state index in [1.807, 2.05) is 49.4 Å². The van der Waals surface area contributed by atoms with Crippen LogP contribution in [0.15, 0.2) is 91.0 Å². The molecule has 0 fully saturated rings. The van der Waals surface area contributed by atoms with Gasteiger partial charge in [0.05, 0.1) is 0 Å². The Morgan fingerprint density at radius 1 is 0.720 bits per heavy atom. The summed E-state index contributed by atoms with van der Waals surface area (Å²) in [6.07, 6.45) is 6.22. The third-order valence-electron chi connectivity index (χ3n) is 4.03. The highest BCUT2D eigenvalue weighted by Gasteiger charge is 2.05. The van der Waals surface area contributed by atoms with Gasteiger partial charge in [0.25, 0.3) is 0 Å². The summed E-state index contributed by atoms with van der Waals surface area (Å²) in [5.41, 5.74) is 4.70. The lowest BCUT2D eigenvalue weighted by Crippen LogP contribution is -1.90. The highest BCUT2D eigenvalue weighted by atomic mass is 16.5. The maximum absolute atomic E-state index is 6.07. The van der Waals surface area contributed by atoms with E-state index in [0.29, 0.717) is 0 Å². The van der Waals surface area contributed by atoms with Gasteiger partial charge < -0.3 is 4.74 Å². The molecule has 0 aliphatic heterocycles. The summed E-state index contributed by atoms with van der Waals surface area (Å²) in [5, 5.41) is 0. The highest BCUT2D eigenvalue weighted by Crippen LogP contribution is 2.29. The lowest BCUT2D eigenvalue weighted by atomic mass is 9.98. The molecule has 1 heteroatoms. The summed E-state index contributed by atoms with van der Waals surface area (Å²) < 4.78 is 6.07. The monoisotopic (exact) mass is 326 g/mol. The van der Waals surface area contributed by atoms with Crippen molar-refractivity contribution in [1.29, 1.82) is 0 Å². The molecule has 0 saturated carbocycles. The predicted molar refractivity (Wildman–Crippen MR) is 107 cm³/mol. The van der Waals surface area contributed by atoms with E-state index in [1.54, 1.807) is 0 Å². The Labute approximate surface area is 149 Å². The quantitative estimate of drug-likeness (QED) is 0.492. The Bertz CT molecular complexity index is 871. The standard InChI is InChI=1S/C24H22O/c1-3-10-21-13-8-9-14-24(21)25-22-17-15-20(16-18-22)23(4-2)19-11-6-5-7-12-19/h3-18H,1-2H3. The van der Waals surface area contributed by atoms with Crippen molar-refractivity contribution < 1.29 is 4.74 Å². The van der Waals surface area contributed by atoms with Crippen LogP contribution in [0.1, 0.15) is 30.5 Å². The van der Waals surface area contributed by atoms with Crippen LogP contribution < -0.4 is 4.74 Å². The average molecular weight is 326 g/mol. The minimum atomic E-state index is 0.837. The molecule has 0 N–H and O–H groups in total. The predicted octanol–water partition coefficient (Wildman–Crippen LogP) is 6.96. The first-order valence-electron chi connectivity index (χ1n) is 8.53. The normalized spacial score (nSPS) is 11.7. The molecule has 0 bridgehead atoms. The van der Waals surface area contributed by atoms with E-state index in [0.717, 1.165) is 17.1 Å². The second-order valence-corrected chi connectivity index (χ2v) is 5.73. The molecule has 0 radical (unpaired) electrons. The molecule has 3 aromatic carbocycles. The summed E-state index contributed by atoms with van der Waals surface area (Å²) in [6.45, 7) is 4.08. The summed E-state index contributed by atoms with van der Waals surface area (Å²) in [5.74, 6) is 1.70. The zero-order chi connectivity index (χ0) is 17.5. The number of hydrogen-bond donors (Lipinski definition) is 0.